The number of thiophene rings is 1. The first kappa shape index (κ1) is 12.1. The minimum absolute atomic E-state index is 0.224. The van der Waals surface area contributed by atoms with Crippen molar-refractivity contribution >= 4 is 39.3 Å². The summed E-state index contributed by atoms with van der Waals surface area (Å²) in [6.45, 7) is 3.80. The molecule has 2 aromatic heterocycles. The molecule has 0 aromatic carbocycles. The summed E-state index contributed by atoms with van der Waals surface area (Å²) in [5.74, 6) is -1.41. The first-order valence-electron chi connectivity index (χ1n) is 4.81. The van der Waals surface area contributed by atoms with Crippen LogP contribution in [0.2, 0.25) is 0 Å². The number of hydrogen-bond acceptors (Lipinski definition) is 6. The normalized spacial score (nSPS) is 10.9. The van der Waals surface area contributed by atoms with Gasteiger partial charge in [-0.3, -0.25) is 4.79 Å². The van der Waals surface area contributed by atoms with Gasteiger partial charge in [0.25, 0.3) is 5.56 Å². The van der Waals surface area contributed by atoms with Gasteiger partial charge in [0.05, 0.1) is 11.4 Å². The van der Waals surface area contributed by atoms with Crippen molar-refractivity contribution in [2.45, 2.75) is 19.0 Å². The van der Waals surface area contributed by atoms with E-state index in [0.29, 0.717) is 15.4 Å². The van der Waals surface area contributed by atoms with Crippen molar-refractivity contribution in [3.05, 3.63) is 20.8 Å². The first-order valence-corrected chi connectivity index (χ1v) is 6.62. The van der Waals surface area contributed by atoms with Gasteiger partial charge in [-0.25, -0.2) is 4.98 Å². The minimum atomic E-state index is -1.18. The lowest BCUT2D eigenvalue weighted by molar-refractivity contribution is -0.301. The van der Waals surface area contributed by atoms with Gasteiger partial charge in [-0.15, -0.1) is 11.3 Å². The Labute approximate surface area is 105 Å². The fraction of sp³-hybridized carbons (Fsp3) is 0.300. The van der Waals surface area contributed by atoms with Crippen molar-refractivity contribution < 1.29 is 9.90 Å². The molecule has 90 valence electrons. The number of aryl methyl sites for hydroxylation is 2. The average molecular weight is 269 g/mol. The number of thioether (sulfide) groups is 1. The number of fused-ring (bicyclic) bond motifs is 1. The third kappa shape index (κ3) is 2.34. The zero-order chi connectivity index (χ0) is 12.6. The number of carbonyl (C=O) groups is 1. The van der Waals surface area contributed by atoms with Crippen LogP contribution in [0.25, 0.3) is 10.2 Å². The summed E-state index contributed by atoms with van der Waals surface area (Å²) in [4.78, 5) is 30.6. The molecule has 0 atom stereocenters. The Bertz CT molecular complexity index is 645. The highest BCUT2D eigenvalue weighted by molar-refractivity contribution is 7.99. The Kier molecular flexibility index (Phi) is 3.21. The lowest BCUT2D eigenvalue weighted by Crippen LogP contribution is -2.24. The quantitative estimate of drug-likeness (QED) is 0.645. The largest absolute Gasteiger partial charge is 0.549 e. The maximum atomic E-state index is 11.8. The van der Waals surface area contributed by atoms with Crippen LogP contribution in [0.3, 0.4) is 0 Å². The number of nitrogens with zero attached hydrogens (tertiary/aromatic N) is 1. The van der Waals surface area contributed by atoms with E-state index in [-0.39, 0.29) is 11.3 Å². The molecule has 2 rings (SSSR count). The molecule has 0 aliphatic carbocycles. The van der Waals surface area contributed by atoms with Gasteiger partial charge < -0.3 is 14.9 Å². The number of nitrogens with one attached hydrogen (secondary N) is 1. The fourth-order valence-electron chi connectivity index (χ4n) is 1.43. The van der Waals surface area contributed by atoms with E-state index < -0.39 is 5.97 Å². The molecule has 0 aliphatic rings. The van der Waals surface area contributed by atoms with Gasteiger partial charge in [0.2, 0.25) is 0 Å². The number of aliphatic carboxylic acids is 1. The van der Waals surface area contributed by atoms with Crippen LogP contribution >= 0.6 is 23.1 Å². The number of carboxylic acid groups (broad SMARTS) is 1. The van der Waals surface area contributed by atoms with Gasteiger partial charge in [-0.2, -0.15) is 0 Å². The van der Waals surface area contributed by atoms with Crippen molar-refractivity contribution in [2.24, 2.45) is 0 Å². The van der Waals surface area contributed by atoms with E-state index >= 15 is 0 Å². The molecule has 0 amide bonds. The zero-order valence-corrected chi connectivity index (χ0v) is 10.8. The second kappa shape index (κ2) is 4.50. The average Bonchev–Trinajstić information content (AvgIpc) is 2.52. The molecule has 7 heteroatoms. The molecule has 17 heavy (non-hydrogen) atoms. The highest BCUT2D eigenvalue weighted by Crippen LogP contribution is 2.26. The standard InChI is InChI=1S/C10H10N2O3S2/c1-4-5(2)17-9-7(4)8(15)11-10(12-9)16-3-6(13)14/h3H2,1-2H3,(H,13,14)(H,11,12,15)/p-1. The highest BCUT2D eigenvalue weighted by atomic mass is 32.2. The van der Waals surface area contributed by atoms with Crippen LogP contribution in [0.15, 0.2) is 9.95 Å². The van der Waals surface area contributed by atoms with Crippen molar-refractivity contribution in [1.29, 1.82) is 0 Å². The van der Waals surface area contributed by atoms with E-state index in [1.807, 2.05) is 13.8 Å². The molecule has 0 bridgehead atoms. The van der Waals surface area contributed by atoms with E-state index in [9.17, 15) is 14.7 Å². The maximum absolute atomic E-state index is 11.8. The van der Waals surface area contributed by atoms with Crippen LogP contribution in [0.5, 0.6) is 0 Å². The summed E-state index contributed by atoms with van der Waals surface area (Å²) in [6.07, 6.45) is 0. The van der Waals surface area contributed by atoms with Gasteiger partial charge in [0, 0.05) is 10.6 Å². The van der Waals surface area contributed by atoms with E-state index in [1.165, 1.54) is 11.3 Å². The monoisotopic (exact) mass is 269 g/mol. The van der Waals surface area contributed by atoms with Crippen LogP contribution in [-0.4, -0.2) is 21.7 Å². The maximum Gasteiger partial charge on any atom is 0.260 e. The summed E-state index contributed by atoms with van der Waals surface area (Å²) < 4.78 is 0. The smallest absolute Gasteiger partial charge is 0.260 e. The SMILES string of the molecule is Cc1sc2nc(SCC(=O)[O-])[nH]c(=O)c2c1C. The Hall–Kier alpha value is -1.34. The van der Waals surface area contributed by atoms with E-state index in [0.717, 1.165) is 22.2 Å². The Morgan fingerprint density at radius 3 is 2.88 bits per heavy atom. The Balaban J connectivity index is 2.49. The summed E-state index contributed by atoms with van der Waals surface area (Å²) >= 11 is 2.38. The molecule has 0 unspecified atom stereocenters. The summed E-state index contributed by atoms with van der Waals surface area (Å²) in [7, 11) is 0. The molecule has 1 N–H and O–H groups in total. The lowest BCUT2D eigenvalue weighted by Gasteiger charge is -2.01. The number of aromatic nitrogens is 2. The van der Waals surface area contributed by atoms with Gasteiger partial charge in [-0.05, 0) is 19.4 Å². The molecule has 2 aromatic rings. The van der Waals surface area contributed by atoms with Crippen LogP contribution in [0.1, 0.15) is 10.4 Å². The summed E-state index contributed by atoms with van der Waals surface area (Å²) in [5.41, 5.74) is 0.702. The molecular formula is C10H9N2O3S2-. The number of carboxylic acids is 1. The van der Waals surface area contributed by atoms with Gasteiger partial charge in [-0.1, -0.05) is 11.8 Å². The third-order valence-electron chi connectivity index (χ3n) is 2.34. The molecule has 0 fully saturated rings. The van der Waals surface area contributed by atoms with Gasteiger partial charge in [0.15, 0.2) is 5.16 Å². The number of aromatic amines is 1. The second-order valence-electron chi connectivity index (χ2n) is 3.50. The predicted molar refractivity (Wildman–Crippen MR) is 65.4 cm³/mol. The second-order valence-corrected chi connectivity index (χ2v) is 5.66. The fourth-order valence-corrected chi connectivity index (χ4v) is 3.09. The van der Waals surface area contributed by atoms with Gasteiger partial charge in [0.1, 0.15) is 4.83 Å². The van der Waals surface area contributed by atoms with E-state index in [1.54, 1.807) is 0 Å². The molecule has 0 radical (unpaired) electrons. The topological polar surface area (TPSA) is 85.9 Å². The van der Waals surface area contributed by atoms with Crippen molar-refractivity contribution in [3.63, 3.8) is 0 Å². The predicted octanol–water partition coefficient (Wildman–Crippen LogP) is 0.443. The molecule has 0 aliphatic heterocycles. The van der Waals surface area contributed by atoms with Crippen LogP contribution in [0, 0.1) is 13.8 Å². The zero-order valence-electron chi connectivity index (χ0n) is 9.20. The van der Waals surface area contributed by atoms with Crippen LogP contribution in [0.4, 0.5) is 0 Å². The molecule has 2 heterocycles. The third-order valence-corrected chi connectivity index (χ3v) is 4.29. The van der Waals surface area contributed by atoms with Crippen LogP contribution in [-0.2, 0) is 4.79 Å². The molecule has 0 spiro atoms. The van der Waals surface area contributed by atoms with Crippen molar-refractivity contribution in [3.8, 4) is 0 Å². The lowest BCUT2D eigenvalue weighted by atomic mass is 10.2. The Morgan fingerprint density at radius 1 is 1.53 bits per heavy atom. The highest BCUT2D eigenvalue weighted by Gasteiger charge is 2.11. The van der Waals surface area contributed by atoms with Crippen molar-refractivity contribution in [1.82, 2.24) is 9.97 Å². The molecule has 0 saturated carbocycles. The number of H-pyrrole nitrogens is 1. The van der Waals surface area contributed by atoms with E-state index in [2.05, 4.69) is 9.97 Å². The number of hydrogen-bond donors (Lipinski definition) is 1. The summed E-state index contributed by atoms with van der Waals surface area (Å²) in [6, 6.07) is 0. The van der Waals surface area contributed by atoms with Gasteiger partial charge >= 0.3 is 0 Å². The van der Waals surface area contributed by atoms with Crippen LogP contribution < -0.4 is 10.7 Å². The molecular weight excluding hydrogens is 260 g/mol. The molecule has 0 saturated heterocycles. The Morgan fingerprint density at radius 2 is 2.24 bits per heavy atom. The summed E-state index contributed by atoms with van der Waals surface area (Å²) in [5, 5.41) is 11.2. The minimum Gasteiger partial charge on any atom is -0.549 e. The first-order chi connectivity index (χ1) is 7.99. The number of carbonyl (C=O) groups excluding carboxylic acids is 1. The van der Waals surface area contributed by atoms with E-state index in [4.69, 9.17) is 0 Å². The molecule has 5 nitrogen and oxygen atoms in total. The van der Waals surface area contributed by atoms with Crippen molar-refractivity contribution in [2.75, 3.05) is 5.75 Å². The number of rotatable bonds is 3.